The summed E-state index contributed by atoms with van der Waals surface area (Å²) in [5.74, 6) is 1.32. The molecule has 0 amide bonds. The summed E-state index contributed by atoms with van der Waals surface area (Å²) in [6.45, 7) is 9.28. The van der Waals surface area contributed by atoms with Gasteiger partial charge in [-0.25, -0.2) is 0 Å². The van der Waals surface area contributed by atoms with Gasteiger partial charge in [-0.1, -0.05) is 0 Å². The quantitative estimate of drug-likeness (QED) is 0.862. The zero-order chi connectivity index (χ0) is 14.8. The van der Waals surface area contributed by atoms with Crippen LogP contribution < -0.4 is 5.32 Å². The van der Waals surface area contributed by atoms with Crippen LogP contribution in [0.4, 0.5) is 0 Å². The van der Waals surface area contributed by atoms with E-state index >= 15 is 0 Å². The maximum Gasteiger partial charge on any atom is 0.0658 e. The fraction of sp³-hybridized carbons (Fsp3) is 0.800. The molecule has 2 atom stereocenters. The second-order valence-electron chi connectivity index (χ2n) is 6.67. The molecule has 0 bridgehead atoms. The van der Waals surface area contributed by atoms with Gasteiger partial charge in [0.05, 0.1) is 29.5 Å². The topological polar surface area (TPSA) is 39.1 Å². The first-order chi connectivity index (χ1) is 9.42. The highest BCUT2D eigenvalue weighted by molar-refractivity contribution is 9.10. The normalized spacial score (nSPS) is 22.9. The lowest BCUT2D eigenvalue weighted by Crippen LogP contribution is -2.43. The van der Waals surface area contributed by atoms with Gasteiger partial charge in [-0.15, -0.1) is 0 Å². The molecule has 0 aliphatic heterocycles. The summed E-state index contributed by atoms with van der Waals surface area (Å²) in [7, 11) is 1.73. The first-order valence-corrected chi connectivity index (χ1v) is 8.17. The van der Waals surface area contributed by atoms with Gasteiger partial charge >= 0.3 is 0 Å². The molecular weight excluding hydrogens is 318 g/mol. The van der Waals surface area contributed by atoms with Crippen molar-refractivity contribution in [2.75, 3.05) is 20.3 Å². The second kappa shape index (κ2) is 6.58. The molecule has 1 aliphatic carbocycles. The number of ether oxygens (including phenoxy) is 1. The van der Waals surface area contributed by atoms with Crippen LogP contribution >= 0.6 is 15.9 Å². The minimum Gasteiger partial charge on any atom is -0.383 e. The lowest BCUT2D eigenvalue weighted by atomic mass is 9.71. The average molecular weight is 344 g/mol. The van der Waals surface area contributed by atoms with Crippen molar-refractivity contribution in [2.45, 2.75) is 51.6 Å². The molecule has 2 unspecified atom stereocenters. The Kier molecular flexibility index (Phi) is 5.26. The molecule has 0 spiro atoms. The zero-order valence-corrected chi connectivity index (χ0v) is 14.5. The Hall–Kier alpha value is -0.390. The molecule has 1 saturated carbocycles. The maximum absolute atomic E-state index is 5.17. The van der Waals surface area contributed by atoms with Gasteiger partial charge in [-0.3, -0.25) is 4.68 Å². The average Bonchev–Trinajstić information content (AvgIpc) is 2.66. The number of nitrogens with one attached hydrogen (secondary N) is 1. The van der Waals surface area contributed by atoms with E-state index in [2.05, 4.69) is 51.8 Å². The molecule has 1 aromatic rings. The Morgan fingerprint density at radius 2 is 2.20 bits per heavy atom. The Balaban J connectivity index is 2.02. The highest BCUT2D eigenvalue weighted by Gasteiger charge is 2.36. The summed E-state index contributed by atoms with van der Waals surface area (Å²) in [5.41, 5.74) is 1.53. The van der Waals surface area contributed by atoms with E-state index in [4.69, 9.17) is 4.74 Å². The van der Waals surface area contributed by atoms with E-state index in [0.29, 0.717) is 18.4 Å². The van der Waals surface area contributed by atoms with Gasteiger partial charge in [0.25, 0.3) is 0 Å². The van der Waals surface area contributed by atoms with Crippen molar-refractivity contribution in [3.05, 3.63) is 16.4 Å². The number of nitrogens with zero attached hydrogens (tertiary/aromatic N) is 2. The second-order valence-corrected chi connectivity index (χ2v) is 7.52. The van der Waals surface area contributed by atoms with Crippen LogP contribution in [-0.2, 0) is 11.3 Å². The molecule has 1 N–H and O–H groups in total. The summed E-state index contributed by atoms with van der Waals surface area (Å²) < 4.78 is 8.41. The van der Waals surface area contributed by atoms with Crippen molar-refractivity contribution in [3.8, 4) is 0 Å². The van der Waals surface area contributed by atoms with E-state index in [1.807, 2.05) is 6.20 Å². The number of hydrogen-bond donors (Lipinski definition) is 1. The molecule has 5 heteroatoms. The first-order valence-electron chi connectivity index (χ1n) is 7.37. The van der Waals surface area contributed by atoms with Gasteiger partial charge in [-0.2, -0.15) is 5.10 Å². The van der Waals surface area contributed by atoms with Gasteiger partial charge in [0.2, 0.25) is 0 Å². The Labute approximate surface area is 130 Å². The molecule has 4 nitrogen and oxygen atoms in total. The van der Waals surface area contributed by atoms with Crippen molar-refractivity contribution in [2.24, 2.45) is 5.92 Å². The van der Waals surface area contributed by atoms with E-state index in [1.54, 1.807) is 7.11 Å². The molecule has 1 aromatic heterocycles. The maximum atomic E-state index is 5.17. The molecule has 0 aromatic carbocycles. The van der Waals surface area contributed by atoms with E-state index in [9.17, 15) is 0 Å². The van der Waals surface area contributed by atoms with E-state index in [1.165, 1.54) is 18.5 Å². The molecule has 1 heterocycles. The van der Waals surface area contributed by atoms with Crippen LogP contribution in [-0.4, -0.2) is 35.6 Å². The highest BCUT2D eigenvalue weighted by Crippen LogP contribution is 2.44. The molecule has 0 radical (unpaired) electrons. The number of hydrogen-bond acceptors (Lipinski definition) is 3. The molecule has 0 saturated heterocycles. The Morgan fingerprint density at radius 1 is 1.45 bits per heavy atom. The third-order valence-electron chi connectivity index (χ3n) is 4.00. The van der Waals surface area contributed by atoms with Crippen LogP contribution in [0.5, 0.6) is 0 Å². The number of halogens is 1. The summed E-state index contributed by atoms with van der Waals surface area (Å²) >= 11 is 3.66. The molecule has 114 valence electrons. The molecule has 2 rings (SSSR count). The van der Waals surface area contributed by atoms with E-state index < -0.39 is 0 Å². The fourth-order valence-corrected chi connectivity index (χ4v) is 3.30. The monoisotopic (exact) mass is 343 g/mol. The van der Waals surface area contributed by atoms with Gasteiger partial charge in [0.1, 0.15) is 0 Å². The predicted octanol–water partition coefficient (Wildman–Crippen LogP) is 3.17. The number of aromatic nitrogens is 2. The van der Waals surface area contributed by atoms with Crippen molar-refractivity contribution in [1.29, 1.82) is 0 Å². The van der Waals surface area contributed by atoms with Crippen LogP contribution in [0.1, 0.15) is 45.2 Å². The van der Waals surface area contributed by atoms with Gasteiger partial charge in [0.15, 0.2) is 0 Å². The minimum atomic E-state index is 0.188. The van der Waals surface area contributed by atoms with Crippen LogP contribution in [0.2, 0.25) is 0 Å². The van der Waals surface area contributed by atoms with Crippen LogP contribution in [0.3, 0.4) is 0 Å². The summed E-state index contributed by atoms with van der Waals surface area (Å²) in [6, 6.07) is 0. The largest absolute Gasteiger partial charge is 0.383 e. The zero-order valence-electron chi connectivity index (χ0n) is 12.9. The molecule has 20 heavy (non-hydrogen) atoms. The Bertz CT molecular complexity index is 439. The lowest BCUT2D eigenvalue weighted by molar-refractivity contribution is 0.174. The molecular formula is C15H26BrN3O. The van der Waals surface area contributed by atoms with Gasteiger partial charge < -0.3 is 10.1 Å². The third kappa shape index (κ3) is 3.83. The van der Waals surface area contributed by atoms with E-state index in [0.717, 1.165) is 17.6 Å². The number of rotatable bonds is 6. The van der Waals surface area contributed by atoms with E-state index in [-0.39, 0.29) is 5.54 Å². The minimum absolute atomic E-state index is 0.188. The highest BCUT2D eigenvalue weighted by atomic mass is 79.9. The summed E-state index contributed by atoms with van der Waals surface area (Å²) in [4.78, 5) is 0. The van der Waals surface area contributed by atoms with Crippen LogP contribution in [0.25, 0.3) is 0 Å². The van der Waals surface area contributed by atoms with Gasteiger partial charge in [-0.05, 0) is 62.0 Å². The number of methoxy groups -OCH3 is 1. The van der Waals surface area contributed by atoms with Crippen molar-refractivity contribution in [3.63, 3.8) is 0 Å². The van der Waals surface area contributed by atoms with Crippen LogP contribution in [0.15, 0.2) is 10.7 Å². The SMILES string of the molecule is COCCn1ncc(Br)c1C1CCC1CNC(C)(C)C. The summed E-state index contributed by atoms with van der Waals surface area (Å²) in [5, 5.41) is 8.10. The molecule has 1 fully saturated rings. The smallest absolute Gasteiger partial charge is 0.0658 e. The van der Waals surface area contributed by atoms with Crippen molar-refractivity contribution >= 4 is 15.9 Å². The standard InChI is InChI=1S/C15H26BrN3O/c1-15(2,3)17-9-11-5-6-12(11)14-13(16)10-18-19(14)7-8-20-4/h10-12,17H,5-9H2,1-4H3. The van der Waals surface area contributed by atoms with Crippen molar-refractivity contribution < 1.29 is 4.74 Å². The van der Waals surface area contributed by atoms with Gasteiger partial charge in [0, 0.05) is 18.6 Å². The fourth-order valence-electron chi connectivity index (χ4n) is 2.71. The van der Waals surface area contributed by atoms with Crippen LogP contribution in [0, 0.1) is 5.92 Å². The summed E-state index contributed by atoms with van der Waals surface area (Å²) in [6.07, 6.45) is 4.47. The predicted molar refractivity (Wildman–Crippen MR) is 85.0 cm³/mol. The third-order valence-corrected chi connectivity index (χ3v) is 4.61. The van der Waals surface area contributed by atoms with Crippen molar-refractivity contribution in [1.82, 2.24) is 15.1 Å². The molecule has 1 aliphatic rings. The lowest BCUT2D eigenvalue weighted by Gasteiger charge is -2.39. The first kappa shape index (κ1) is 16.0. The Morgan fingerprint density at radius 3 is 2.75 bits per heavy atom.